The molecule has 1 aromatic heterocycles. The Morgan fingerprint density at radius 2 is 1.68 bits per heavy atom. The molecule has 4 aliphatic rings. The Kier molecular flexibility index (Phi) is 4.33. The van der Waals surface area contributed by atoms with Crippen molar-refractivity contribution in [3.8, 4) is 11.6 Å². The van der Waals surface area contributed by atoms with Gasteiger partial charge in [-0.05, 0) is 85.5 Å². The average molecular weight is 381 g/mol. The Morgan fingerprint density at radius 1 is 1.04 bits per heavy atom. The van der Waals surface area contributed by atoms with Crippen LogP contribution in [-0.2, 0) is 4.74 Å². The van der Waals surface area contributed by atoms with Crippen LogP contribution in [0.5, 0.6) is 11.6 Å². The van der Waals surface area contributed by atoms with Gasteiger partial charge in [0.05, 0.1) is 12.7 Å². The van der Waals surface area contributed by atoms with Crippen LogP contribution in [-0.4, -0.2) is 18.1 Å². The van der Waals surface area contributed by atoms with Gasteiger partial charge in [0, 0.05) is 6.20 Å². The number of methoxy groups -OCH3 is 1. The monoisotopic (exact) mass is 381 g/mol. The second-order valence-electron chi connectivity index (χ2n) is 8.63. The molecule has 4 nitrogen and oxygen atoms in total. The minimum absolute atomic E-state index is 0.0598. The number of esters is 1. The molecular formula is C23H24FNO3. The lowest BCUT2D eigenvalue weighted by molar-refractivity contribution is -0.00279. The number of carbonyl (C=O) groups is 1. The van der Waals surface area contributed by atoms with Crippen LogP contribution in [0.4, 0.5) is 4.39 Å². The third kappa shape index (κ3) is 3.07. The van der Waals surface area contributed by atoms with Crippen molar-refractivity contribution in [3.63, 3.8) is 0 Å². The topological polar surface area (TPSA) is 48.4 Å². The Balaban J connectivity index is 1.31. The summed E-state index contributed by atoms with van der Waals surface area (Å²) in [6.07, 6.45) is 8.26. The van der Waals surface area contributed by atoms with Crippen molar-refractivity contribution in [2.75, 3.05) is 7.11 Å². The number of hydrogen-bond donors (Lipinski definition) is 0. The highest BCUT2D eigenvalue weighted by Crippen LogP contribution is 2.59. The predicted molar refractivity (Wildman–Crippen MR) is 102 cm³/mol. The van der Waals surface area contributed by atoms with Gasteiger partial charge in [-0.25, -0.2) is 14.2 Å². The number of ether oxygens (including phenoxy) is 2. The Bertz CT molecular complexity index is 867. The van der Waals surface area contributed by atoms with Crippen molar-refractivity contribution in [1.82, 2.24) is 4.98 Å². The molecule has 4 saturated carbocycles. The van der Waals surface area contributed by atoms with E-state index in [1.165, 1.54) is 51.0 Å². The van der Waals surface area contributed by atoms with Crippen molar-refractivity contribution in [2.45, 2.75) is 38.0 Å². The maximum absolute atomic E-state index is 14.2. The first-order valence-electron chi connectivity index (χ1n) is 10.1. The van der Waals surface area contributed by atoms with Gasteiger partial charge < -0.3 is 9.47 Å². The van der Waals surface area contributed by atoms with Gasteiger partial charge in [0.1, 0.15) is 5.75 Å². The van der Waals surface area contributed by atoms with Crippen LogP contribution in [0, 0.1) is 29.5 Å². The largest absolute Gasteiger partial charge is 0.465 e. The first kappa shape index (κ1) is 17.7. The van der Waals surface area contributed by atoms with E-state index in [0.29, 0.717) is 11.7 Å². The van der Waals surface area contributed by atoms with Crippen LogP contribution in [0.3, 0.4) is 0 Å². The van der Waals surface area contributed by atoms with Gasteiger partial charge in [0.25, 0.3) is 5.88 Å². The fourth-order valence-corrected chi connectivity index (χ4v) is 6.07. The van der Waals surface area contributed by atoms with E-state index in [1.54, 1.807) is 0 Å². The van der Waals surface area contributed by atoms with Crippen molar-refractivity contribution < 1.29 is 18.7 Å². The molecule has 0 unspecified atom stereocenters. The number of rotatable bonds is 4. The summed E-state index contributed by atoms with van der Waals surface area (Å²) in [6.45, 7) is 0. The molecule has 0 radical (unpaired) electrons. The minimum atomic E-state index is -0.687. The molecule has 1 heterocycles. The highest BCUT2D eigenvalue weighted by Gasteiger charge is 2.48. The molecule has 0 amide bonds. The number of nitrogens with zero attached hydrogens (tertiary/aromatic N) is 1. The standard InChI is InChI=1S/C23H24FNO3/c1-27-23(26)18-11-20(24)22(25-12-18)28-19-4-2-15(3-5-19)21-16-7-13-6-14(9-16)10-17(21)8-13/h2-5,11-14,16-17,21H,6-10H2,1H3/t13-,14+,16-,17+,21?. The van der Waals surface area contributed by atoms with E-state index in [0.717, 1.165) is 29.7 Å². The average Bonchev–Trinajstić information content (AvgIpc) is 2.69. The van der Waals surface area contributed by atoms with Crippen molar-refractivity contribution >= 4 is 5.97 Å². The van der Waals surface area contributed by atoms with Gasteiger partial charge in [0.2, 0.25) is 0 Å². The molecule has 0 aliphatic heterocycles. The van der Waals surface area contributed by atoms with Gasteiger partial charge in [-0.1, -0.05) is 12.1 Å². The van der Waals surface area contributed by atoms with Gasteiger partial charge in [-0.2, -0.15) is 0 Å². The van der Waals surface area contributed by atoms with Crippen LogP contribution >= 0.6 is 0 Å². The lowest BCUT2D eigenvalue weighted by Crippen LogP contribution is -2.43. The van der Waals surface area contributed by atoms with E-state index >= 15 is 0 Å². The lowest BCUT2D eigenvalue weighted by atomic mass is 9.51. The van der Waals surface area contributed by atoms with E-state index in [2.05, 4.69) is 21.9 Å². The molecule has 0 saturated heterocycles. The molecule has 5 heteroatoms. The second-order valence-corrected chi connectivity index (χ2v) is 8.63. The van der Waals surface area contributed by atoms with E-state index in [9.17, 15) is 9.18 Å². The van der Waals surface area contributed by atoms with Crippen LogP contribution < -0.4 is 4.74 Å². The SMILES string of the molecule is COC(=O)c1cnc(Oc2ccc(C3[C@H]4C[C@@H]5C[C@@H](C[C@H]3C5)C4)cc2)c(F)c1. The normalized spacial score (nSPS) is 30.3. The molecule has 6 rings (SSSR count). The van der Waals surface area contributed by atoms with Crippen LogP contribution in [0.25, 0.3) is 0 Å². The number of hydrogen-bond acceptors (Lipinski definition) is 4. The number of pyridine rings is 1. The lowest BCUT2D eigenvalue weighted by Gasteiger charge is -2.54. The molecular weight excluding hydrogens is 357 g/mol. The zero-order chi connectivity index (χ0) is 19.3. The number of carbonyl (C=O) groups excluding carboxylic acids is 1. The summed E-state index contributed by atoms with van der Waals surface area (Å²) in [5.41, 5.74) is 1.44. The number of aromatic nitrogens is 1. The summed E-state index contributed by atoms with van der Waals surface area (Å²) in [6, 6.07) is 9.13. The smallest absolute Gasteiger partial charge is 0.339 e. The third-order valence-corrected chi connectivity index (χ3v) is 6.93. The Morgan fingerprint density at radius 3 is 2.25 bits per heavy atom. The molecule has 2 aromatic rings. The number of halogens is 1. The highest BCUT2D eigenvalue weighted by atomic mass is 19.1. The quantitative estimate of drug-likeness (QED) is 0.671. The van der Waals surface area contributed by atoms with Gasteiger partial charge >= 0.3 is 5.97 Å². The third-order valence-electron chi connectivity index (χ3n) is 6.93. The van der Waals surface area contributed by atoms with Crippen molar-refractivity contribution in [3.05, 3.63) is 53.5 Å². The summed E-state index contributed by atoms with van der Waals surface area (Å²) in [7, 11) is 1.25. The molecule has 4 aliphatic carbocycles. The zero-order valence-electron chi connectivity index (χ0n) is 15.9. The van der Waals surface area contributed by atoms with Crippen LogP contribution in [0.15, 0.2) is 36.5 Å². The van der Waals surface area contributed by atoms with E-state index in [1.807, 2.05) is 12.1 Å². The summed E-state index contributed by atoms with van der Waals surface area (Å²) < 4.78 is 24.4. The molecule has 146 valence electrons. The summed E-state index contributed by atoms with van der Waals surface area (Å²) in [5, 5.41) is 0. The highest BCUT2D eigenvalue weighted by molar-refractivity contribution is 5.88. The summed E-state index contributed by atoms with van der Waals surface area (Å²) in [5.74, 6) is 3.33. The molecule has 28 heavy (non-hydrogen) atoms. The molecule has 0 N–H and O–H groups in total. The second kappa shape index (κ2) is 6.87. The molecule has 4 bridgehead atoms. The van der Waals surface area contributed by atoms with Crippen molar-refractivity contribution in [2.24, 2.45) is 23.7 Å². The fraction of sp³-hybridized carbons (Fsp3) is 0.478. The van der Waals surface area contributed by atoms with Crippen LogP contribution in [0.2, 0.25) is 0 Å². The van der Waals surface area contributed by atoms with Gasteiger partial charge in [-0.3, -0.25) is 0 Å². The van der Waals surface area contributed by atoms with Gasteiger partial charge in [-0.15, -0.1) is 0 Å². The zero-order valence-corrected chi connectivity index (χ0v) is 15.9. The van der Waals surface area contributed by atoms with Crippen molar-refractivity contribution in [1.29, 1.82) is 0 Å². The summed E-state index contributed by atoms with van der Waals surface area (Å²) >= 11 is 0. The molecule has 1 aromatic carbocycles. The minimum Gasteiger partial charge on any atom is -0.465 e. The fourth-order valence-electron chi connectivity index (χ4n) is 6.07. The Hall–Kier alpha value is -2.43. The molecule has 0 spiro atoms. The Labute approximate surface area is 164 Å². The predicted octanol–water partition coefficient (Wildman–Crippen LogP) is 5.34. The number of benzene rings is 1. The van der Waals surface area contributed by atoms with E-state index < -0.39 is 11.8 Å². The molecule has 4 fully saturated rings. The van der Waals surface area contributed by atoms with Gasteiger partial charge in [0.15, 0.2) is 5.82 Å². The first-order chi connectivity index (χ1) is 13.6. The maximum Gasteiger partial charge on any atom is 0.339 e. The first-order valence-corrected chi connectivity index (χ1v) is 10.1. The van der Waals surface area contributed by atoms with E-state index in [-0.39, 0.29) is 11.4 Å². The summed E-state index contributed by atoms with van der Waals surface area (Å²) in [4.78, 5) is 15.4. The van der Waals surface area contributed by atoms with E-state index in [4.69, 9.17) is 4.74 Å². The van der Waals surface area contributed by atoms with Crippen LogP contribution in [0.1, 0.15) is 53.9 Å². The molecule has 0 atom stereocenters. The maximum atomic E-state index is 14.2.